The van der Waals surface area contributed by atoms with Crippen molar-refractivity contribution >= 4 is 17.1 Å². The molecule has 1 aliphatic rings. The van der Waals surface area contributed by atoms with Gasteiger partial charge in [0.1, 0.15) is 11.5 Å². The van der Waals surface area contributed by atoms with E-state index in [0.717, 1.165) is 28.9 Å². The summed E-state index contributed by atoms with van der Waals surface area (Å²) < 4.78 is 10.9. The molecule has 0 bridgehead atoms. The van der Waals surface area contributed by atoms with Gasteiger partial charge in [-0.2, -0.15) is 0 Å². The molecule has 1 N–H and O–H groups in total. The Morgan fingerprint density at radius 3 is 2.21 bits per heavy atom. The number of hydrogen-bond donors (Lipinski definition) is 1. The zero-order valence-corrected chi connectivity index (χ0v) is 21.6. The summed E-state index contributed by atoms with van der Waals surface area (Å²) in [6.07, 6.45) is 3.29. The van der Waals surface area contributed by atoms with Gasteiger partial charge >= 0.3 is 5.97 Å². The van der Waals surface area contributed by atoms with Gasteiger partial charge in [0, 0.05) is 5.92 Å². The van der Waals surface area contributed by atoms with Crippen LogP contribution in [-0.2, 0) is 4.79 Å². The zero-order chi connectivity index (χ0) is 26.5. The molecular formula is C34H30O4. The average molecular weight is 503 g/mol. The van der Waals surface area contributed by atoms with E-state index in [1.807, 2.05) is 42.5 Å². The van der Waals surface area contributed by atoms with E-state index in [1.165, 1.54) is 27.8 Å². The summed E-state index contributed by atoms with van der Waals surface area (Å²) in [4.78, 5) is 11.0. The molecule has 0 amide bonds. The molecule has 0 fully saturated rings. The summed E-state index contributed by atoms with van der Waals surface area (Å²) in [5, 5.41) is 9.03. The molecule has 4 nitrogen and oxygen atoms in total. The van der Waals surface area contributed by atoms with Crippen molar-refractivity contribution in [1.29, 1.82) is 0 Å². The molecule has 1 atom stereocenters. The first kappa shape index (κ1) is 25.1. The Balaban J connectivity index is 1.64. The number of rotatable bonds is 9. The fraction of sp³-hybridized carbons (Fsp3) is 0.147. The topological polar surface area (TPSA) is 55.8 Å². The first-order chi connectivity index (χ1) is 18.6. The van der Waals surface area contributed by atoms with Crippen molar-refractivity contribution in [2.45, 2.75) is 19.3 Å². The lowest BCUT2D eigenvalue weighted by molar-refractivity contribution is -0.139. The van der Waals surface area contributed by atoms with Crippen LogP contribution in [0, 0.1) is 0 Å². The summed E-state index contributed by atoms with van der Waals surface area (Å²) in [6, 6.07) is 34.9. The Kier molecular flexibility index (Phi) is 7.41. The maximum atomic E-state index is 11.0. The van der Waals surface area contributed by atoms with Crippen LogP contribution in [0.1, 0.15) is 36.0 Å². The summed E-state index contributed by atoms with van der Waals surface area (Å²) in [5.74, 6) is 0.466. The van der Waals surface area contributed by atoms with Crippen molar-refractivity contribution in [2.24, 2.45) is 0 Å². The largest absolute Gasteiger partial charge is 0.497 e. The monoisotopic (exact) mass is 502 g/mol. The summed E-state index contributed by atoms with van der Waals surface area (Å²) in [7, 11) is 1.68. The Bertz CT molecular complexity index is 1500. The molecule has 0 heterocycles. The lowest BCUT2D eigenvalue weighted by Crippen LogP contribution is -2.09. The molecule has 0 saturated heterocycles. The number of carboxylic acid groups (broad SMARTS) is 1. The van der Waals surface area contributed by atoms with Crippen LogP contribution in [-0.4, -0.2) is 24.8 Å². The Hall–Kier alpha value is -4.57. The van der Waals surface area contributed by atoms with Crippen LogP contribution in [0.2, 0.25) is 0 Å². The minimum atomic E-state index is -0.996. The van der Waals surface area contributed by atoms with Crippen molar-refractivity contribution in [3.05, 3.63) is 131 Å². The van der Waals surface area contributed by atoms with Gasteiger partial charge in [-0.05, 0) is 69.6 Å². The molecule has 4 heteroatoms. The van der Waals surface area contributed by atoms with Gasteiger partial charge in [-0.25, -0.2) is 4.79 Å². The quantitative estimate of drug-likeness (QED) is 0.253. The Morgan fingerprint density at radius 1 is 0.789 bits per heavy atom. The number of ether oxygens (including phenoxy) is 2. The van der Waals surface area contributed by atoms with Crippen LogP contribution >= 0.6 is 0 Å². The predicted octanol–water partition coefficient (Wildman–Crippen LogP) is 7.87. The first-order valence-electron chi connectivity index (χ1n) is 12.8. The molecule has 4 aromatic carbocycles. The van der Waals surface area contributed by atoms with Gasteiger partial charge in [-0.1, -0.05) is 97.4 Å². The molecule has 38 heavy (non-hydrogen) atoms. The van der Waals surface area contributed by atoms with Crippen LogP contribution in [0.3, 0.4) is 0 Å². The molecule has 1 unspecified atom stereocenters. The van der Waals surface area contributed by atoms with Gasteiger partial charge < -0.3 is 14.6 Å². The van der Waals surface area contributed by atoms with Crippen LogP contribution < -0.4 is 9.47 Å². The van der Waals surface area contributed by atoms with E-state index in [4.69, 9.17) is 14.6 Å². The van der Waals surface area contributed by atoms with Crippen molar-refractivity contribution < 1.29 is 19.4 Å². The summed E-state index contributed by atoms with van der Waals surface area (Å²) in [5.41, 5.74) is 9.51. The van der Waals surface area contributed by atoms with E-state index in [0.29, 0.717) is 5.75 Å². The van der Waals surface area contributed by atoms with Crippen molar-refractivity contribution in [2.75, 3.05) is 13.7 Å². The highest BCUT2D eigenvalue weighted by Gasteiger charge is 2.29. The Labute approximate surface area is 223 Å². The van der Waals surface area contributed by atoms with Crippen molar-refractivity contribution in [3.8, 4) is 22.6 Å². The third-order valence-corrected chi connectivity index (χ3v) is 6.95. The van der Waals surface area contributed by atoms with Gasteiger partial charge in [-0.3, -0.25) is 0 Å². The maximum absolute atomic E-state index is 11.0. The third kappa shape index (κ3) is 5.12. The standard InChI is InChI=1S/C34H30O4/c1-3-28-32(30-15-8-7-14-29(30)25-12-9-13-27(20-25)38-22-33(35)36)21-31(23-16-18-26(37-2)19-17-23)34(28)24-10-5-4-6-11-24/h4-21,32H,3,22H2,1-2H3,(H,35,36). The minimum Gasteiger partial charge on any atom is -0.497 e. The van der Waals surface area contributed by atoms with E-state index in [-0.39, 0.29) is 12.5 Å². The predicted molar refractivity (Wildman–Crippen MR) is 152 cm³/mol. The highest BCUT2D eigenvalue weighted by atomic mass is 16.5. The molecule has 0 radical (unpaired) electrons. The van der Waals surface area contributed by atoms with E-state index >= 15 is 0 Å². The van der Waals surface area contributed by atoms with Crippen LogP contribution in [0.25, 0.3) is 22.3 Å². The molecule has 0 aromatic heterocycles. The van der Waals surface area contributed by atoms with E-state index in [1.54, 1.807) is 13.2 Å². The van der Waals surface area contributed by atoms with Crippen LogP contribution in [0.5, 0.6) is 11.5 Å². The van der Waals surface area contributed by atoms with Gasteiger partial charge in [0.15, 0.2) is 6.61 Å². The normalized spacial score (nSPS) is 14.8. The van der Waals surface area contributed by atoms with Crippen LogP contribution in [0.4, 0.5) is 0 Å². The van der Waals surface area contributed by atoms with Gasteiger partial charge in [0.2, 0.25) is 0 Å². The third-order valence-electron chi connectivity index (χ3n) is 6.95. The second-order valence-electron chi connectivity index (χ2n) is 9.20. The molecule has 0 saturated carbocycles. The second kappa shape index (κ2) is 11.2. The van der Waals surface area contributed by atoms with Crippen molar-refractivity contribution in [1.82, 2.24) is 0 Å². The van der Waals surface area contributed by atoms with Gasteiger partial charge in [-0.15, -0.1) is 0 Å². The zero-order valence-electron chi connectivity index (χ0n) is 21.6. The molecule has 4 aromatic rings. The number of allylic oxidation sites excluding steroid dienone is 4. The number of benzene rings is 4. The number of hydrogen-bond acceptors (Lipinski definition) is 3. The minimum absolute atomic E-state index is 0.0899. The Morgan fingerprint density at radius 2 is 1.50 bits per heavy atom. The number of carbonyl (C=O) groups is 1. The lowest BCUT2D eigenvalue weighted by Gasteiger charge is -2.19. The SMILES string of the molecule is CCC1=C(c2ccccc2)C(c2ccc(OC)cc2)=CC1c1ccccc1-c1cccc(OCC(=O)O)c1. The molecule has 0 spiro atoms. The number of carboxylic acids is 1. The molecule has 0 aliphatic heterocycles. The molecule has 190 valence electrons. The summed E-state index contributed by atoms with van der Waals surface area (Å²) >= 11 is 0. The highest BCUT2D eigenvalue weighted by Crippen LogP contribution is 2.50. The lowest BCUT2D eigenvalue weighted by atomic mass is 9.85. The highest BCUT2D eigenvalue weighted by molar-refractivity contribution is 6.09. The first-order valence-corrected chi connectivity index (χ1v) is 12.8. The van der Waals surface area contributed by atoms with E-state index in [2.05, 4.69) is 67.6 Å². The fourth-order valence-corrected chi connectivity index (χ4v) is 5.24. The second-order valence-corrected chi connectivity index (χ2v) is 9.20. The fourth-order valence-electron chi connectivity index (χ4n) is 5.24. The molecular weight excluding hydrogens is 472 g/mol. The number of aliphatic carboxylic acids is 1. The number of methoxy groups -OCH3 is 1. The van der Waals surface area contributed by atoms with E-state index < -0.39 is 5.97 Å². The maximum Gasteiger partial charge on any atom is 0.341 e. The van der Waals surface area contributed by atoms with E-state index in [9.17, 15) is 4.79 Å². The molecule has 1 aliphatic carbocycles. The van der Waals surface area contributed by atoms with Crippen LogP contribution in [0.15, 0.2) is 115 Å². The van der Waals surface area contributed by atoms with Gasteiger partial charge in [0.25, 0.3) is 0 Å². The van der Waals surface area contributed by atoms with Gasteiger partial charge in [0.05, 0.1) is 7.11 Å². The van der Waals surface area contributed by atoms with Crippen molar-refractivity contribution in [3.63, 3.8) is 0 Å². The molecule has 5 rings (SSSR count). The summed E-state index contributed by atoms with van der Waals surface area (Å²) in [6.45, 7) is 1.85. The average Bonchev–Trinajstić information content (AvgIpc) is 3.36. The smallest absolute Gasteiger partial charge is 0.341 e.